The maximum absolute atomic E-state index is 12.5. The maximum Gasteiger partial charge on any atom is 0.261 e. The predicted octanol–water partition coefficient (Wildman–Crippen LogP) is 2.89. The van der Waals surface area contributed by atoms with Crippen molar-refractivity contribution in [2.45, 2.75) is 24.7 Å². The smallest absolute Gasteiger partial charge is 0.261 e. The van der Waals surface area contributed by atoms with Crippen molar-refractivity contribution in [3.63, 3.8) is 0 Å². The van der Waals surface area contributed by atoms with E-state index in [2.05, 4.69) is 10.0 Å². The van der Waals surface area contributed by atoms with Gasteiger partial charge in [-0.15, -0.1) is 0 Å². The highest BCUT2D eigenvalue weighted by Crippen LogP contribution is 2.18. The number of benzene rings is 2. The van der Waals surface area contributed by atoms with Gasteiger partial charge in [-0.1, -0.05) is 25.5 Å². The number of nitrogens with one attached hydrogen (secondary N) is 2. The first-order chi connectivity index (χ1) is 12.0. The predicted molar refractivity (Wildman–Crippen MR) is 95.6 cm³/mol. The number of carbonyl (C=O) groups excluding carboxylic acids is 1. The summed E-state index contributed by atoms with van der Waals surface area (Å²) in [5, 5.41) is 11.6. The van der Waals surface area contributed by atoms with Gasteiger partial charge in [0.1, 0.15) is 0 Å². The molecule has 0 aliphatic rings. The topological polar surface area (TPSA) is 99.1 Å². The molecule has 0 bridgehead atoms. The van der Waals surface area contributed by atoms with Gasteiger partial charge in [0.2, 0.25) is 0 Å². The van der Waals surface area contributed by atoms with Gasteiger partial charge < -0.3 is 5.32 Å². The first kappa shape index (κ1) is 18.5. The van der Waals surface area contributed by atoms with E-state index < -0.39 is 10.0 Å². The second-order valence-electron chi connectivity index (χ2n) is 5.44. The van der Waals surface area contributed by atoms with Gasteiger partial charge in [0, 0.05) is 12.1 Å². The second-order valence-corrected chi connectivity index (χ2v) is 7.12. The monoisotopic (exact) mass is 357 g/mol. The molecule has 0 fully saturated rings. The number of nitriles is 1. The molecular weight excluding hydrogens is 338 g/mol. The van der Waals surface area contributed by atoms with Crippen LogP contribution in [0.15, 0.2) is 53.4 Å². The van der Waals surface area contributed by atoms with E-state index >= 15 is 0 Å². The van der Waals surface area contributed by atoms with Crippen LogP contribution >= 0.6 is 0 Å². The molecule has 2 rings (SSSR count). The van der Waals surface area contributed by atoms with Crippen molar-refractivity contribution < 1.29 is 13.2 Å². The average molecular weight is 357 g/mol. The van der Waals surface area contributed by atoms with E-state index in [0.29, 0.717) is 12.1 Å². The summed E-state index contributed by atoms with van der Waals surface area (Å²) in [6.07, 6.45) is 1.82. The van der Waals surface area contributed by atoms with E-state index in [-0.39, 0.29) is 22.1 Å². The van der Waals surface area contributed by atoms with Gasteiger partial charge in [-0.2, -0.15) is 5.26 Å². The zero-order valence-electron chi connectivity index (χ0n) is 13.8. The van der Waals surface area contributed by atoms with Crippen molar-refractivity contribution in [2.75, 3.05) is 11.3 Å². The average Bonchev–Trinajstić information content (AvgIpc) is 2.61. The molecule has 0 saturated carbocycles. The van der Waals surface area contributed by atoms with Gasteiger partial charge in [0.05, 0.1) is 22.2 Å². The summed E-state index contributed by atoms with van der Waals surface area (Å²) in [7, 11) is -3.86. The molecule has 6 nitrogen and oxygen atoms in total. The molecule has 0 heterocycles. The third-order valence-electron chi connectivity index (χ3n) is 3.47. The summed E-state index contributed by atoms with van der Waals surface area (Å²) in [5.74, 6) is -0.308. The molecule has 0 aromatic heterocycles. The first-order valence-corrected chi connectivity index (χ1v) is 9.36. The van der Waals surface area contributed by atoms with Crippen LogP contribution in [0.1, 0.15) is 35.7 Å². The summed E-state index contributed by atoms with van der Waals surface area (Å²) < 4.78 is 27.4. The molecule has 0 unspecified atom stereocenters. The number of hydrogen-bond donors (Lipinski definition) is 2. The second kappa shape index (κ2) is 8.31. The van der Waals surface area contributed by atoms with Crippen molar-refractivity contribution in [3.8, 4) is 6.07 Å². The van der Waals surface area contributed by atoms with Crippen LogP contribution in [0.25, 0.3) is 0 Å². The molecule has 1 amide bonds. The van der Waals surface area contributed by atoms with Gasteiger partial charge >= 0.3 is 0 Å². The molecule has 7 heteroatoms. The number of carbonyl (C=O) groups is 1. The van der Waals surface area contributed by atoms with E-state index in [1.165, 1.54) is 24.3 Å². The van der Waals surface area contributed by atoms with Crippen LogP contribution in [0, 0.1) is 11.3 Å². The molecule has 2 aromatic rings. The van der Waals surface area contributed by atoms with Crippen LogP contribution < -0.4 is 10.0 Å². The van der Waals surface area contributed by atoms with Crippen molar-refractivity contribution in [2.24, 2.45) is 0 Å². The molecule has 0 spiro atoms. The minimum absolute atomic E-state index is 0.0157. The lowest BCUT2D eigenvalue weighted by molar-refractivity contribution is 0.0953. The van der Waals surface area contributed by atoms with Crippen LogP contribution in [0.2, 0.25) is 0 Å². The van der Waals surface area contributed by atoms with Crippen LogP contribution in [0.5, 0.6) is 0 Å². The zero-order valence-corrected chi connectivity index (χ0v) is 14.6. The molecule has 2 N–H and O–H groups in total. The Morgan fingerprint density at radius 1 is 1.16 bits per heavy atom. The lowest BCUT2D eigenvalue weighted by Crippen LogP contribution is -2.24. The molecule has 0 atom stereocenters. The molecule has 0 saturated heterocycles. The SMILES string of the molecule is CCCCNC(=O)c1cccc(S(=O)(=O)Nc2cccc(C#N)c2)c1. The molecule has 130 valence electrons. The maximum atomic E-state index is 12.5. The van der Waals surface area contributed by atoms with E-state index in [1.54, 1.807) is 24.3 Å². The standard InChI is InChI=1S/C18H19N3O3S/c1-2-3-10-20-18(22)15-7-5-9-17(12-15)25(23,24)21-16-8-4-6-14(11-16)13-19/h4-9,11-12,21H,2-3,10H2,1H3,(H,20,22). The molecule has 0 aliphatic carbocycles. The molecule has 25 heavy (non-hydrogen) atoms. The summed E-state index contributed by atoms with van der Waals surface area (Å²) in [4.78, 5) is 12.1. The van der Waals surface area contributed by atoms with Gasteiger partial charge in [0.25, 0.3) is 15.9 Å². The molecular formula is C18H19N3O3S. The first-order valence-electron chi connectivity index (χ1n) is 7.87. The van der Waals surface area contributed by atoms with Crippen molar-refractivity contribution in [1.82, 2.24) is 5.32 Å². The van der Waals surface area contributed by atoms with Gasteiger partial charge in [-0.3, -0.25) is 9.52 Å². The highest BCUT2D eigenvalue weighted by Gasteiger charge is 2.16. The zero-order chi connectivity index (χ0) is 18.3. The summed E-state index contributed by atoms with van der Waals surface area (Å²) in [6.45, 7) is 2.57. The third kappa shape index (κ3) is 5.06. The quantitative estimate of drug-likeness (QED) is 0.744. The van der Waals surface area contributed by atoms with Gasteiger partial charge in [-0.25, -0.2) is 8.42 Å². The normalized spacial score (nSPS) is 10.7. The van der Waals surface area contributed by atoms with Crippen LogP contribution in [-0.2, 0) is 10.0 Å². The van der Waals surface area contributed by atoms with Crippen molar-refractivity contribution in [1.29, 1.82) is 5.26 Å². The van der Waals surface area contributed by atoms with E-state index in [0.717, 1.165) is 12.8 Å². The minimum atomic E-state index is -3.86. The lowest BCUT2D eigenvalue weighted by atomic mass is 10.2. The summed E-state index contributed by atoms with van der Waals surface area (Å²) in [6, 6.07) is 14.0. The highest BCUT2D eigenvalue weighted by atomic mass is 32.2. The number of sulfonamides is 1. The fourth-order valence-corrected chi connectivity index (χ4v) is 3.25. The number of amides is 1. The number of nitrogens with zero attached hydrogens (tertiary/aromatic N) is 1. The Bertz CT molecular complexity index is 902. The third-order valence-corrected chi connectivity index (χ3v) is 4.85. The van der Waals surface area contributed by atoms with E-state index in [4.69, 9.17) is 5.26 Å². The lowest BCUT2D eigenvalue weighted by Gasteiger charge is -2.10. The Balaban J connectivity index is 2.20. The molecule has 2 aromatic carbocycles. The highest BCUT2D eigenvalue weighted by molar-refractivity contribution is 7.92. The van der Waals surface area contributed by atoms with Gasteiger partial charge in [-0.05, 0) is 42.8 Å². The van der Waals surface area contributed by atoms with E-state index in [1.807, 2.05) is 13.0 Å². The Hall–Kier alpha value is -2.85. The molecule has 0 aliphatic heterocycles. The van der Waals surface area contributed by atoms with Crippen LogP contribution in [0.4, 0.5) is 5.69 Å². The fourth-order valence-electron chi connectivity index (χ4n) is 2.15. The van der Waals surface area contributed by atoms with Crippen LogP contribution in [0.3, 0.4) is 0 Å². The number of hydrogen-bond acceptors (Lipinski definition) is 4. The van der Waals surface area contributed by atoms with E-state index in [9.17, 15) is 13.2 Å². The molecule has 0 radical (unpaired) electrons. The Morgan fingerprint density at radius 2 is 1.92 bits per heavy atom. The largest absolute Gasteiger partial charge is 0.352 e. The number of rotatable bonds is 7. The number of unbranched alkanes of at least 4 members (excludes halogenated alkanes) is 1. The van der Waals surface area contributed by atoms with Gasteiger partial charge in [0.15, 0.2) is 0 Å². The summed E-state index contributed by atoms with van der Waals surface area (Å²) >= 11 is 0. The minimum Gasteiger partial charge on any atom is -0.352 e. The fraction of sp³-hybridized carbons (Fsp3) is 0.222. The summed E-state index contributed by atoms with van der Waals surface area (Å²) in [5.41, 5.74) is 0.922. The van der Waals surface area contributed by atoms with Crippen LogP contribution in [-0.4, -0.2) is 20.9 Å². The Labute approximate surface area is 147 Å². The Morgan fingerprint density at radius 3 is 2.64 bits per heavy atom. The number of anilines is 1. The Kier molecular flexibility index (Phi) is 6.14. The van der Waals surface area contributed by atoms with Crippen molar-refractivity contribution in [3.05, 3.63) is 59.7 Å². The van der Waals surface area contributed by atoms with Crippen molar-refractivity contribution >= 4 is 21.6 Å².